The van der Waals surface area contributed by atoms with Gasteiger partial charge in [0, 0.05) is 12.4 Å². The fourth-order valence-corrected chi connectivity index (χ4v) is 2.14. The maximum Gasteiger partial charge on any atom is 0.254 e. The van der Waals surface area contributed by atoms with E-state index in [9.17, 15) is 4.79 Å². The summed E-state index contributed by atoms with van der Waals surface area (Å²) in [5.41, 5.74) is 0. The average Bonchev–Trinajstić information content (AvgIpc) is 2.39. The van der Waals surface area contributed by atoms with Gasteiger partial charge in [0.2, 0.25) is 0 Å². The highest BCUT2D eigenvalue weighted by Gasteiger charge is 2.33. The third-order valence-electron chi connectivity index (χ3n) is 2.78. The normalized spacial score (nSPS) is 31.4. The van der Waals surface area contributed by atoms with Crippen LogP contribution >= 0.6 is 11.6 Å². The Bertz CT molecular complexity index is 245. The standard InChI is InChI=1S/C10H16ClNO4/c11-5-8-6-14-2-1-12(8)10(13)9-7-15-3-4-16-9/h8-9H,1-7H2. The van der Waals surface area contributed by atoms with Crippen molar-refractivity contribution in [2.45, 2.75) is 12.1 Å². The molecule has 0 N–H and O–H groups in total. The van der Waals surface area contributed by atoms with Gasteiger partial charge in [-0.25, -0.2) is 0 Å². The van der Waals surface area contributed by atoms with Crippen molar-refractivity contribution in [3.63, 3.8) is 0 Å². The average molecular weight is 250 g/mol. The fourth-order valence-electron chi connectivity index (χ4n) is 1.89. The maximum absolute atomic E-state index is 12.1. The number of ether oxygens (including phenoxy) is 3. The number of carbonyl (C=O) groups is 1. The molecule has 5 nitrogen and oxygen atoms in total. The van der Waals surface area contributed by atoms with Crippen LogP contribution in [0.15, 0.2) is 0 Å². The molecule has 0 radical (unpaired) electrons. The van der Waals surface area contributed by atoms with E-state index < -0.39 is 6.10 Å². The minimum absolute atomic E-state index is 0.0337. The van der Waals surface area contributed by atoms with Crippen LogP contribution in [-0.2, 0) is 19.0 Å². The van der Waals surface area contributed by atoms with E-state index >= 15 is 0 Å². The van der Waals surface area contributed by atoms with Crippen LogP contribution in [0.1, 0.15) is 0 Å². The van der Waals surface area contributed by atoms with E-state index in [-0.39, 0.29) is 11.9 Å². The van der Waals surface area contributed by atoms with E-state index in [2.05, 4.69) is 0 Å². The first kappa shape index (κ1) is 12.1. The number of halogens is 1. The predicted molar refractivity (Wildman–Crippen MR) is 57.6 cm³/mol. The second-order valence-electron chi connectivity index (χ2n) is 3.85. The zero-order valence-electron chi connectivity index (χ0n) is 9.06. The summed E-state index contributed by atoms with van der Waals surface area (Å²) in [6, 6.07) is -0.0477. The van der Waals surface area contributed by atoms with Gasteiger partial charge in [-0.2, -0.15) is 0 Å². The lowest BCUT2D eigenvalue weighted by Gasteiger charge is -2.37. The van der Waals surface area contributed by atoms with Crippen LogP contribution < -0.4 is 0 Å². The van der Waals surface area contributed by atoms with E-state index in [1.807, 2.05) is 0 Å². The maximum atomic E-state index is 12.1. The molecular weight excluding hydrogens is 234 g/mol. The second-order valence-corrected chi connectivity index (χ2v) is 4.16. The van der Waals surface area contributed by atoms with E-state index in [0.717, 1.165) is 0 Å². The van der Waals surface area contributed by atoms with Crippen LogP contribution in [0.25, 0.3) is 0 Å². The zero-order valence-corrected chi connectivity index (χ0v) is 9.82. The summed E-state index contributed by atoms with van der Waals surface area (Å²) in [6.45, 7) is 3.02. The molecule has 0 saturated carbocycles. The number of nitrogens with zero attached hydrogens (tertiary/aromatic N) is 1. The Kier molecular flexibility index (Phi) is 4.40. The second kappa shape index (κ2) is 5.82. The molecular formula is C10H16ClNO4. The number of hydrogen-bond acceptors (Lipinski definition) is 4. The van der Waals surface area contributed by atoms with Gasteiger partial charge in [-0.05, 0) is 0 Å². The Balaban J connectivity index is 1.95. The van der Waals surface area contributed by atoms with Gasteiger partial charge >= 0.3 is 0 Å². The molecule has 2 aliphatic heterocycles. The summed E-state index contributed by atoms with van der Waals surface area (Å²) in [4.78, 5) is 13.9. The van der Waals surface area contributed by atoms with E-state index in [0.29, 0.717) is 45.5 Å². The molecule has 2 fully saturated rings. The van der Waals surface area contributed by atoms with Crippen LogP contribution in [0.2, 0.25) is 0 Å². The predicted octanol–water partition coefficient (Wildman–Crippen LogP) is -0.132. The van der Waals surface area contributed by atoms with Crippen molar-refractivity contribution >= 4 is 17.5 Å². The minimum atomic E-state index is -0.474. The van der Waals surface area contributed by atoms with Gasteiger partial charge in [0.15, 0.2) is 6.10 Å². The molecule has 2 unspecified atom stereocenters. The molecule has 16 heavy (non-hydrogen) atoms. The first-order valence-corrected chi connectivity index (χ1v) is 6.00. The lowest BCUT2D eigenvalue weighted by atomic mass is 10.2. The number of hydrogen-bond donors (Lipinski definition) is 0. The highest BCUT2D eigenvalue weighted by atomic mass is 35.5. The molecule has 0 aromatic rings. The Morgan fingerprint density at radius 1 is 1.25 bits per heavy atom. The molecule has 1 amide bonds. The number of rotatable bonds is 2. The number of amides is 1. The molecule has 2 heterocycles. The summed E-state index contributed by atoms with van der Waals surface area (Å²) in [5, 5.41) is 0. The van der Waals surface area contributed by atoms with Crippen molar-refractivity contribution in [1.82, 2.24) is 4.90 Å². The van der Waals surface area contributed by atoms with E-state index in [1.54, 1.807) is 4.90 Å². The van der Waals surface area contributed by atoms with E-state index in [4.69, 9.17) is 25.8 Å². The molecule has 92 valence electrons. The molecule has 2 aliphatic rings. The Morgan fingerprint density at radius 2 is 2.06 bits per heavy atom. The van der Waals surface area contributed by atoms with Crippen LogP contribution in [0, 0.1) is 0 Å². The summed E-state index contributed by atoms with van der Waals surface area (Å²) < 4.78 is 15.9. The monoisotopic (exact) mass is 249 g/mol. The Hall–Kier alpha value is -0.360. The summed E-state index contributed by atoms with van der Waals surface area (Å²) in [7, 11) is 0. The SMILES string of the molecule is O=C(C1COCCO1)N1CCOCC1CCl. The molecule has 2 rings (SSSR count). The van der Waals surface area contributed by atoms with Crippen LogP contribution in [-0.4, -0.2) is 68.4 Å². The van der Waals surface area contributed by atoms with E-state index in [1.165, 1.54) is 0 Å². The van der Waals surface area contributed by atoms with Crippen molar-refractivity contribution in [1.29, 1.82) is 0 Å². The molecule has 0 spiro atoms. The first-order chi connectivity index (χ1) is 7.83. The third kappa shape index (κ3) is 2.66. The van der Waals surface area contributed by atoms with Crippen LogP contribution in [0.3, 0.4) is 0 Å². The first-order valence-electron chi connectivity index (χ1n) is 5.46. The van der Waals surface area contributed by atoms with Crippen LogP contribution in [0.5, 0.6) is 0 Å². The molecule has 6 heteroatoms. The quantitative estimate of drug-likeness (QED) is 0.640. The molecule has 0 aliphatic carbocycles. The third-order valence-corrected chi connectivity index (χ3v) is 3.14. The number of morpholine rings is 1. The summed E-state index contributed by atoms with van der Waals surface area (Å²) >= 11 is 5.81. The van der Waals surface area contributed by atoms with Crippen molar-refractivity contribution in [3.05, 3.63) is 0 Å². The van der Waals surface area contributed by atoms with Gasteiger partial charge in [0.05, 0.1) is 39.1 Å². The fraction of sp³-hybridized carbons (Fsp3) is 0.900. The van der Waals surface area contributed by atoms with Gasteiger partial charge in [-0.3, -0.25) is 4.79 Å². The topological polar surface area (TPSA) is 48.0 Å². The van der Waals surface area contributed by atoms with Gasteiger partial charge in [0.1, 0.15) is 0 Å². The van der Waals surface area contributed by atoms with Gasteiger partial charge < -0.3 is 19.1 Å². The van der Waals surface area contributed by atoms with Gasteiger partial charge in [0.25, 0.3) is 5.91 Å². The lowest BCUT2D eigenvalue weighted by molar-refractivity contribution is -0.164. The smallest absolute Gasteiger partial charge is 0.254 e. The van der Waals surface area contributed by atoms with Crippen molar-refractivity contribution < 1.29 is 19.0 Å². The molecule has 2 atom stereocenters. The Labute approximate surface area is 99.6 Å². The van der Waals surface area contributed by atoms with Crippen molar-refractivity contribution in [2.75, 3.05) is 45.5 Å². The lowest BCUT2D eigenvalue weighted by Crippen LogP contribution is -2.55. The minimum Gasteiger partial charge on any atom is -0.377 e. The van der Waals surface area contributed by atoms with Crippen molar-refractivity contribution in [3.8, 4) is 0 Å². The summed E-state index contributed by atoms with van der Waals surface area (Å²) in [6.07, 6.45) is -0.474. The molecule has 0 bridgehead atoms. The highest BCUT2D eigenvalue weighted by Crippen LogP contribution is 2.13. The molecule has 0 aromatic heterocycles. The number of alkyl halides is 1. The largest absolute Gasteiger partial charge is 0.377 e. The highest BCUT2D eigenvalue weighted by molar-refractivity contribution is 6.18. The van der Waals surface area contributed by atoms with Gasteiger partial charge in [-0.1, -0.05) is 0 Å². The zero-order chi connectivity index (χ0) is 11.4. The van der Waals surface area contributed by atoms with Crippen molar-refractivity contribution in [2.24, 2.45) is 0 Å². The summed E-state index contributed by atoms with van der Waals surface area (Å²) in [5.74, 6) is 0.355. The van der Waals surface area contributed by atoms with Gasteiger partial charge in [-0.15, -0.1) is 11.6 Å². The Morgan fingerprint density at radius 3 is 2.75 bits per heavy atom. The molecule has 2 saturated heterocycles. The number of carbonyl (C=O) groups excluding carboxylic acids is 1. The molecule has 0 aromatic carbocycles. The van der Waals surface area contributed by atoms with Crippen LogP contribution in [0.4, 0.5) is 0 Å².